The van der Waals surface area contributed by atoms with Gasteiger partial charge in [0.25, 0.3) is 15.9 Å². The number of aliphatic hydroxyl groups is 1. The van der Waals surface area contributed by atoms with E-state index in [2.05, 4.69) is 54.3 Å². The van der Waals surface area contributed by atoms with Gasteiger partial charge in [0.15, 0.2) is 0 Å². The van der Waals surface area contributed by atoms with E-state index < -0.39 is 16.1 Å². The van der Waals surface area contributed by atoms with Crippen molar-refractivity contribution >= 4 is 27.7 Å². The molecule has 2 unspecified atom stereocenters. The third-order valence-electron chi connectivity index (χ3n) is 9.38. The number of rotatable bonds is 9. The first-order chi connectivity index (χ1) is 24.1. The van der Waals surface area contributed by atoms with E-state index >= 15 is 0 Å². The average molecular weight is 716 g/mol. The molecule has 5 rings (SSSR count). The highest BCUT2D eigenvalue weighted by Gasteiger charge is 2.32. The summed E-state index contributed by atoms with van der Waals surface area (Å²) >= 11 is 0. The molecule has 0 aliphatic carbocycles. The van der Waals surface area contributed by atoms with Crippen molar-refractivity contribution in [3.05, 3.63) is 83.3 Å². The SMILES string of the molecule is CCC(C)C(CO)N(C)c1cncc(CN2C(=O)c3cccc(c3)S(=O)(=O)Nc3nc(cc(-c4c(C)cccc4C)n3)OC[C@H]2CC(C)(C)C)n1. The molecule has 4 bridgehead atoms. The van der Waals surface area contributed by atoms with Gasteiger partial charge in [0.05, 0.1) is 53.9 Å². The third-order valence-corrected chi connectivity index (χ3v) is 10.7. The lowest BCUT2D eigenvalue weighted by Gasteiger charge is -2.36. The summed E-state index contributed by atoms with van der Waals surface area (Å²) in [5.41, 5.74) is 3.77. The van der Waals surface area contributed by atoms with Gasteiger partial charge in [0.2, 0.25) is 11.8 Å². The number of fused-ring (bicyclic) bond motifs is 4. The number of anilines is 2. The van der Waals surface area contributed by atoms with Gasteiger partial charge >= 0.3 is 0 Å². The Morgan fingerprint density at radius 1 is 1.06 bits per heavy atom. The van der Waals surface area contributed by atoms with E-state index in [1.54, 1.807) is 35.5 Å². The van der Waals surface area contributed by atoms with E-state index in [1.165, 1.54) is 12.1 Å². The summed E-state index contributed by atoms with van der Waals surface area (Å²) in [6.45, 7) is 14.5. The van der Waals surface area contributed by atoms with E-state index in [0.717, 1.165) is 23.1 Å². The normalized spacial score (nSPS) is 17.2. The summed E-state index contributed by atoms with van der Waals surface area (Å²) < 4.78 is 36.4. The Kier molecular flexibility index (Phi) is 11.3. The molecule has 3 heterocycles. The lowest BCUT2D eigenvalue weighted by molar-refractivity contribution is 0.0509. The molecular weight excluding hydrogens is 667 g/mol. The second-order valence-electron chi connectivity index (χ2n) is 14.6. The second kappa shape index (κ2) is 15.3. The molecule has 0 fully saturated rings. The molecule has 2 aromatic heterocycles. The van der Waals surface area contributed by atoms with Crippen LogP contribution in [0, 0.1) is 25.2 Å². The number of amides is 1. The van der Waals surface area contributed by atoms with Crippen LogP contribution in [-0.2, 0) is 16.6 Å². The first-order valence-electron chi connectivity index (χ1n) is 17.3. The second-order valence-corrected chi connectivity index (χ2v) is 16.3. The number of nitrogens with one attached hydrogen (secondary N) is 1. The lowest BCUT2D eigenvalue weighted by Crippen LogP contribution is -2.45. The van der Waals surface area contributed by atoms with Crippen LogP contribution in [0.2, 0.25) is 0 Å². The maximum atomic E-state index is 14.6. The number of hydrogen-bond acceptors (Lipinski definition) is 10. The van der Waals surface area contributed by atoms with E-state index in [1.807, 2.05) is 44.0 Å². The van der Waals surface area contributed by atoms with Crippen molar-refractivity contribution in [2.24, 2.45) is 11.3 Å². The minimum atomic E-state index is -4.20. The molecule has 4 aromatic rings. The molecule has 0 radical (unpaired) electrons. The molecule has 2 N–H and O–H groups in total. The Hall–Kier alpha value is -4.62. The number of benzene rings is 2. The largest absolute Gasteiger partial charge is 0.475 e. The van der Waals surface area contributed by atoms with Crippen molar-refractivity contribution in [1.82, 2.24) is 24.8 Å². The predicted octanol–water partition coefficient (Wildman–Crippen LogP) is 6.03. The van der Waals surface area contributed by atoms with Crippen LogP contribution < -0.4 is 14.4 Å². The van der Waals surface area contributed by atoms with Crippen LogP contribution in [0.5, 0.6) is 5.88 Å². The summed E-state index contributed by atoms with van der Waals surface area (Å²) in [6.07, 6.45) is 4.69. The quantitative estimate of drug-likeness (QED) is 0.210. The number of sulfonamides is 1. The molecule has 13 heteroatoms. The van der Waals surface area contributed by atoms with Crippen molar-refractivity contribution < 1.29 is 23.1 Å². The van der Waals surface area contributed by atoms with Gasteiger partial charge in [-0.15, -0.1) is 0 Å². The number of aryl methyl sites for hydroxylation is 2. The van der Waals surface area contributed by atoms with E-state index in [9.17, 15) is 18.3 Å². The van der Waals surface area contributed by atoms with E-state index in [-0.39, 0.29) is 65.3 Å². The van der Waals surface area contributed by atoms with Crippen LogP contribution >= 0.6 is 0 Å². The van der Waals surface area contributed by atoms with Crippen molar-refractivity contribution in [1.29, 1.82) is 0 Å². The molecule has 1 aliphatic rings. The highest BCUT2D eigenvalue weighted by Crippen LogP contribution is 2.32. The number of likely N-dealkylation sites (N-methyl/N-ethyl adjacent to an activating group) is 1. The smallest absolute Gasteiger partial charge is 0.264 e. The van der Waals surface area contributed by atoms with Crippen LogP contribution in [0.4, 0.5) is 11.8 Å². The Labute approximate surface area is 301 Å². The van der Waals surface area contributed by atoms with E-state index in [4.69, 9.17) is 9.72 Å². The van der Waals surface area contributed by atoms with Gasteiger partial charge in [-0.2, -0.15) is 4.98 Å². The summed E-state index contributed by atoms with van der Waals surface area (Å²) in [5.74, 6) is 0.420. The summed E-state index contributed by atoms with van der Waals surface area (Å²) in [4.78, 5) is 36.5. The topological polar surface area (TPSA) is 151 Å². The first-order valence-corrected chi connectivity index (χ1v) is 18.8. The molecule has 1 amide bonds. The molecular formula is C38H49N7O5S. The van der Waals surface area contributed by atoms with Crippen LogP contribution in [-0.4, -0.2) is 76.6 Å². The zero-order valence-corrected chi connectivity index (χ0v) is 31.5. The highest BCUT2D eigenvalue weighted by molar-refractivity contribution is 7.92. The minimum absolute atomic E-state index is 0.0446. The maximum Gasteiger partial charge on any atom is 0.264 e. The van der Waals surface area contributed by atoms with Crippen LogP contribution in [0.15, 0.2) is 65.8 Å². The molecule has 12 nitrogen and oxygen atoms in total. The van der Waals surface area contributed by atoms with Crippen molar-refractivity contribution in [2.45, 2.75) is 84.8 Å². The summed E-state index contributed by atoms with van der Waals surface area (Å²) in [6, 6.07) is 12.9. The fourth-order valence-electron chi connectivity index (χ4n) is 6.49. The monoisotopic (exact) mass is 715 g/mol. The molecule has 0 saturated carbocycles. The average Bonchev–Trinajstić information content (AvgIpc) is 3.08. The van der Waals surface area contributed by atoms with Gasteiger partial charge in [-0.05, 0) is 60.9 Å². The fraction of sp³-hybridized carbons (Fsp3) is 0.447. The number of aliphatic hydroxyl groups excluding tert-OH is 1. The Bertz CT molecular complexity index is 1960. The standard InChI is InChI=1S/C38H49N7O5S/c1-9-24(2)32(22-46)44(8)33-20-39-19-28(40-33)21-45-29(18-38(5,6)7)23-50-34-17-31(35-25(3)12-10-13-26(35)4)41-37(42-34)43-51(48,49)30-15-11-14-27(16-30)36(45)47/h10-17,19-20,24,29,32,46H,9,18,21-23H2,1-8H3,(H,41,42,43)/t24?,29-,32?/m1/s1. The highest BCUT2D eigenvalue weighted by atomic mass is 32.2. The number of carbonyl (C=O) groups is 1. The zero-order valence-electron chi connectivity index (χ0n) is 30.7. The van der Waals surface area contributed by atoms with Gasteiger partial charge in [-0.25, -0.2) is 23.1 Å². The predicted molar refractivity (Wildman–Crippen MR) is 198 cm³/mol. The fourth-order valence-corrected chi connectivity index (χ4v) is 7.48. The van der Waals surface area contributed by atoms with Gasteiger partial charge in [-0.3, -0.25) is 9.78 Å². The molecule has 2 aromatic carbocycles. The van der Waals surface area contributed by atoms with E-state index in [0.29, 0.717) is 23.6 Å². The van der Waals surface area contributed by atoms with Crippen LogP contribution in [0.1, 0.15) is 74.6 Å². The number of hydrogen-bond donors (Lipinski definition) is 2. The number of aromatic nitrogens is 4. The number of ether oxygens (including phenoxy) is 1. The van der Waals surface area contributed by atoms with Crippen molar-refractivity contribution in [3.63, 3.8) is 0 Å². The molecule has 0 saturated heterocycles. The first kappa shape index (κ1) is 37.6. The number of nitrogens with zero attached hydrogens (tertiary/aromatic N) is 6. The minimum Gasteiger partial charge on any atom is -0.475 e. The molecule has 51 heavy (non-hydrogen) atoms. The Balaban J connectivity index is 1.63. The van der Waals surface area contributed by atoms with Crippen LogP contribution in [0.25, 0.3) is 11.3 Å². The van der Waals surface area contributed by atoms with Crippen LogP contribution in [0.3, 0.4) is 0 Å². The summed E-state index contributed by atoms with van der Waals surface area (Å²) in [5, 5.41) is 10.2. The van der Waals surface area contributed by atoms with Gasteiger partial charge in [-0.1, -0.05) is 65.3 Å². The molecule has 0 spiro atoms. The Morgan fingerprint density at radius 3 is 2.43 bits per heavy atom. The third kappa shape index (κ3) is 8.82. The number of carbonyl (C=O) groups excluding carboxylic acids is 1. The summed E-state index contributed by atoms with van der Waals surface area (Å²) in [7, 11) is -2.33. The van der Waals surface area contributed by atoms with Gasteiger partial charge in [0, 0.05) is 24.2 Å². The Morgan fingerprint density at radius 2 is 1.76 bits per heavy atom. The van der Waals surface area contributed by atoms with Crippen molar-refractivity contribution in [3.8, 4) is 17.1 Å². The molecule has 272 valence electrons. The van der Waals surface area contributed by atoms with Crippen molar-refractivity contribution in [2.75, 3.05) is 29.9 Å². The van der Waals surface area contributed by atoms with Gasteiger partial charge in [0.1, 0.15) is 12.4 Å². The van der Waals surface area contributed by atoms with Gasteiger partial charge < -0.3 is 19.6 Å². The molecule has 1 aliphatic heterocycles. The maximum absolute atomic E-state index is 14.6. The zero-order chi connectivity index (χ0) is 37.1. The molecule has 3 atom stereocenters. The lowest BCUT2D eigenvalue weighted by atomic mass is 9.87.